The van der Waals surface area contributed by atoms with Crippen LogP contribution in [-0.2, 0) is 0 Å². The first-order chi connectivity index (χ1) is 14.0. The molecule has 1 aliphatic heterocycles. The molecule has 0 unspecified atom stereocenters. The summed E-state index contributed by atoms with van der Waals surface area (Å²) in [6, 6.07) is 12.7. The van der Waals surface area contributed by atoms with Crippen LogP contribution in [0.2, 0.25) is 0 Å². The van der Waals surface area contributed by atoms with Crippen molar-refractivity contribution in [3.8, 4) is 11.3 Å². The van der Waals surface area contributed by atoms with Gasteiger partial charge in [0, 0.05) is 38.0 Å². The van der Waals surface area contributed by atoms with E-state index in [0.29, 0.717) is 35.3 Å². The Morgan fingerprint density at radius 2 is 1.86 bits per heavy atom. The van der Waals surface area contributed by atoms with E-state index in [4.69, 9.17) is 4.98 Å². The number of anilines is 3. The van der Waals surface area contributed by atoms with E-state index in [2.05, 4.69) is 21.8 Å². The van der Waals surface area contributed by atoms with Gasteiger partial charge in [0.15, 0.2) is 5.82 Å². The summed E-state index contributed by atoms with van der Waals surface area (Å²) < 4.78 is 27.4. The fourth-order valence-corrected chi connectivity index (χ4v) is 3.41. The average Bonchev–Trinajstić information content (AvgIpc) is 2.86. The standard InChI is InChI=1S/C22H21F2N5/c1-15(26-21-6-3-4-9-25-21)29-11-5-10-28(2)20-8-7-19(27-22(20)29)16-12-17(23)14-18(24)13-16/h3-4,6-9,12-14H,1,5,10-11H2,2H3,(H,25,26). The number of pyridine rings is 2. The second-order valence-corrected chi connectivity index (χ2v) is 6.91. The van der Waals surface area contributed by atoms with Crippen LogP contribution in [0.25, 0.3) is 11.3 Å². The highest BCUT2D eigenvalue weighted by molar-refractivity contribution is 5.75. The van der Waals surface area contributed by atoms with E-state index in [9.17, 15) is 8.78 Å². The molecule has 0 fully saturated rings. The lowest BCUT2D eigenvalue weighted by Gasteiger charge is -2.27. The van der Waals surface area contributed by atoms with Gasteiger partial charge in [0.2, 0.25) is 0 Å². The number of rotatable bonds is 4. The molecule has 148 valence electrons. The highest BCUT2D eigenvalue weighted by atomic mass is 19.1. The van der Waals surface area contributed by atoms with Crippen LogP contribution in [-0.4, -0.2) is 30.1 Å². The van der Waals surface area contributed by atoms with Gasteiger partial charge in [0.1, 0.15) is 23.3 Å². The van der Waals surface area contributed by atoms with Crippen molar-refractivity contribution >= 4 is 17.3 Å². The number of hydrogen-bond donors (Lipinski definition) is 1. The van der Waals surface area contributed by atoms with Gasteiger partial charge in [-0.05, 0) is 42.8 Å². The van der Waals surface area contributed by atoms with Crippen LogP contribution in [0.3, 0.4) is 0 Å². The number of fused-ring (bicyclic) bond motifs is 1. The third kappa shape index (κ3) is 4.03. The van der Waals surface area contributed by atoms with Crippen LogP contribution in [0.15, 0.2) is 67.1 Å². The van der Waals surface area contributed by atoms with Crippen molar-refractivity contribution in [3.05, 3.63) is 78.8 Å². The van der Waals surface area contributed by atoms with E-state index in [1.54, 1.807) is 12.3 Å². The minimum absolute atomic E-state index is 0.389. The Morgan fingerprint density at radius 1 is 1.07 bits per heavy atom. The molecule has 0 amide bonds. The third-order valence-electron chi connectivity index (χ3n) is 4.82. The zero-order valence-corrected chi connectivity index (χ0v) is 16.1. The molecule has 1 aliphatic rings. The smallest absolute Gasteiger partial charge is 0.158 e. The number of nitrogens with one attached hydrogen (secondary N) is 1. The molecular formula is C22H21F2N5. The SMILES string of the molecule is C=C(Nc1ccccn1)N1CCCN(C)c2ccc(-c3cc(F)cc(F)c3)nc21. The van der Waals surface area contributed by atoms with Crippen molar-refractivity contribution in [1.82, 2.24) is 9.97 Å². The quantitative estimate of drug-likeness (QED) is 0.699. The number of nitrogens with zero attached hydrogens (tertiary/aromatic N) is 4. The number of aromatic nitrogens is 2. The summed E-state index contributed by atoms with van der Waals surface area (Å²) in [5, 5.41) is 3.21. The average molecular weight is 393 g/mol. The molecule has 7 heteroatoms. The van der Waals surface area contributed by atoms with Crippen LogP contribution in [0.1, 0.15) is 6.42 Å². The van der Waals surface area contributed by atoms with E-state index in [1.165, 1.54) is 12.1 Å². The molecule has 0 atom stereocenters. The molecule has 0 spiro atoms. The minimum atomic E-state index is -0.632. The van der Waals surface area contributed by atoms with Gasteiger partial charge in [-0.3, -0.25) is 0 Å². The summed E-state index contributed by atoms with van der Waals surface area (Å²) in [6.07, 6.45) is 2.61. The van der Waals surface area contributed by atoms with Crippen LogP contribution in [0.5, 0.6) is 0 Å². The first-order valence-corrected chi connectivity index (χ1v) is 9.34. The van der Waals surface area contributed by atoms with Crippen LogP contribution >= 0.6 is 0 Å². The molecular weight excluding hydrogens is 372 g/mol. The summed E-state index contributed by atoms with van der Waals surface area (Å²) in [5.41, 5.74) is 1.81. The largest absolute Gasteiger partial charge is 0.372 e. The summed E-state index contributed by atoms with van der Waals surface area (Å²) in [5.74, 6) is 0.731. The Balaban J connectivity index is 1.74. The van der Waals surface area contributed by atoms with Gasteiger partial charge < -0.3 is 15.1 Å². The van der Waals surface area contributed by atoms with Crippen LogP contribution < -0.4 is 15.1 Å². The molecule has 29 heavy (non-hydrogen) atoms. The molecule has 0 saturated carbocycles. The van der Waals surface area contributed by atoms with E-state index in [-0.39, 0.29) is 0 Å². The molecule has 4 rings (SSSR count). The Bertz CT molecular complexity index is 1020. The summed E-state index contributed by atoms with van der Waals surface area (Å²) in [6.45, 7) is 5.72. The first kappa shape index (κ1) is 18.9. The molecule has 0 aliphatic carbocycles. The second kappa shape index (κ2) is 7.87. The monoisotopic (exact) mass is 393 g/mol. The maximum absolute atomic E-state index is 13.7. The molecule has 0 bridgehead atoms. The van der Waals surface area contributed by atoms with E-state index >= 15 is 0 Å². The van der Waals surface area contributed by atoms with Crippen LogP contribution in [0.4, 0.5) is 26.1 Å². The fraction of sp³-hybridized carbons (Fsp3) is 0.182. The molecule has 1 N–H and O–H groups in total. The van der Waals surface area contributed by atoms with Gasteiger partial charge in [-0.15, -0.1) is 0 Å². The van der Waals surface area contributed by atoms with Crippen LogP contribution in [0, 0.1) is 11.6 Å². The zero-order chi connectivity index (χ0) is 20.4. The lowest BCUT2D eigenvalue weighted by atomic mass is 10.1. The lowest BCUT2D eigenvalue weighted by molar-refractivity contribution is 0.584. The maximum Gasteiger partial charge on any atom is 0.158 e. The number of halogens is 2. The maximum atomic E-state index is 13.7. The highest BCUT2D eigenvalue weighted by Crippen LogP contribution is 2.34. The predicted octanol–water partition coefficient (Wildman–Crippen LogP) is 4.65. The zero-order valence-electron chi connectivity index (χ0n) is 16.1. The third-order valence-corrected chi connectivity index (χ3v) is 4.82. The second-order valence-electron chi connectivity index (χ2n) is 6.91. The Labute approximate surface area is 168 Å². The summed E-state index contributed by atoms with van der Waals surface area (Å²) in [4.78, 5) is 13.1. The highest BCUT2D eigenvalue weighted by Gasteiger charge is 2.23. The molecule has 2 aromatic heterocycles. The van der Waals surface area contributed by atoms with Crippen molar-refractivity contribution < 1.29 is 8.78 Å². The van der Waals surface area contributed by atoms with Gasteiger partial charge in [-0.1, -0.05) is 12.6 Å². The molecule has 1 aromatic carbocycles. The van der Waals surface area contributed by atoms with Gasteiger partial charge in [-0.25, -0.2) is 18.7 Å². The fourth-order valence-electron chi connectivity index (χ4n) is 3.41. The Hall–Kier alpha value is -3.48. The molecule has 0 radical (unpaired) electrons. The summed E-state index contributed by atoms with van der Waals surface area (Å²) in [7, 11) is 2.00. The van der Waals surface area contributed by atoms with Crippen molar-refractivity contribution in [2.24, 2.45) is 0 Å². The molecule has 5 nitrogen and oxygen atoms in total. The number of hydrogen-bond acceptors (Lipinski definition) is 5. The van der Waals surface area contributed by atoms with Crippen molar-refractivity contribution in [2.75, 3.05) is 35.3 Å². The van der Waals surface area contributed by atoms with Gasteiger partial charge >= 0.3 is 0 Å². The first-order valence-electron chi connectivity index (χ1n) is 9.34. The Morgan fingerprint density at radius 3 is 2.59 bits per heavy atom. The normalized spacial score (nSPS) is 13.6. The van der Waals surface area contributed by atoms with E-state index in [0.717, 1.165) is 24.7 Å². The van der Waals surface area contributed by atoms with E-state index < -0.39 is 11.6 Å². The summed E-state index contributed by atoms with van der Waals surface area (Å²) >= 11 is 0. The van der Waals surface area contributed by atoms with Crippen molar-refractivity contribution in [1.29, 1.82) is 0 Å². The van der Waals surface area contributed by atoms with Gasteiger partial charge in [0.05, 0.1) is 11.4 Å². The minimum Gasteiger partial charge on any atom is -0.372 e. The van der Waals surface area contributed by atoms with Crippen molar-refractivity contribution in [2.45, 2.75) is 6.42 Å². The molecule has 3 aromatic rings. The van der Waals surface area contributed by atoms with Gasteiger partial charge in [0.25, 0.3) is 0 Å². The molecule has 0 saturated heterocycles. The Kier molecular flexibility index (Phi) is 5.12. The van der Waals surface area contributed by atoms with E-state index in [1.807, 2.05) is 36.2 Å². The predicted molar refractivity (Wildman–Crippen MR) is 112 cm³/mol. The van der Waals surface area contributed by atoms with Crippen molar-refractivity contribution in [3.63, 3.8) is 0 Å². The molecule has 3 heterocycles. The van der Waals surface area contributed by atoms with Gasteiger partial charge in [-0.2, -0.15) is 0 Å². The lowest BCUT2D eigenvalue weighted by Crippen LogP contribution is -2.28. The topological polar surface area (TPSA) is 44.3 Å². The number of benzene rings is 1.